The van der Waals surface area contributed by atoms with Gasteiger partial charge in [0.15, 0.2) is 0 Å². The molecule has 1 saturated carbocycles. The second kappa shape index (κ2) is 14.9. The summed E-state index contributed by atoms with van der Waals surface area (Å²) in [4.78, 5) is 34.1. The van der Waals surface area contributed by atoms with Crippen LogP contribution in [0.4, 0.5) is 10.1 Å². The summed E-state index contributed by atoms with van der Waals surface area (Å²) in [5.74, 6) is -0.389. The van der Waals surface area contributed by atoms with Gasteiger partial charge >= 0.3 is 0 Å². The van der Waals surface area contributed by atoms with Gasteiger partial charge in [-0.15, -0.1) is 11.8 Å². The van der Waals surface area contributed by atoms with Gasteiger partial charge in [-0.05, 0) is 86.7 Å². The van der Waals surface area contributed by atoms with Gasteiger partial charge in [-0.3, -0.25) is 14.5 Å². The highest BCUT2D eigenvalue weighted by atomic mass is 32.2. The second-order valence-corrected chi connectivity index (χ2v) is 14.2. The van der Waals surface area contributed by atoms with Crippen LogP contribution in [0.1, 0.15) is 64.7 Å². The highest BCUT2D eigenvalue weighted by Crippen LogP contribution is 2.43. The number of aryl methyl sites for hydroxylation is 2. The van der Waals surface area contributed by atoms with E-state index in [2.05, 4.69) is 47.2 Å². The number of hydrogen-bond acceptors (Lipinski definition) is 5. The van der Waals surface area contributed by atoms with E-state index >= 15 is 0 Å². The van der Waals surface area contributed by atoms with Crippen molar-refractivity contribution in [3.8, 4) is 0 Å². The van der Waals surface area contributed by atoms with Crippen LogP contribution >= 0.6 is 11.8 Å². The zero-order valence-electron chi connectivity index (χ0n) is 27.0. The van der Waals surface area contributed by atoms with Crippen LogP contribution in [0.2, 0.25) is 0 Å². The molecule has 2 amide bonds. The van der Waals surface area contributed by atoms with E-state index < -0.39 is 0 Å². The van der Waals surface area contributed by atoms with E-state index in [1.54, 1.807) is 23.9 Å². The number of carbonyl (C=O) groups excluding carboxylic acids is 2. The molecule has 3 fully saturated rings. The summed E-state index contributed by atoms with van der Waals surface area (Å²) in [7, 11) is 0. The summed E-state index contributed by atoms with van der Waals surface area (Å²) in [6.07, 6.45) is 7.08. The SMILES string of the molecule is Cc1ccc(C)c(N2CCN(CCCNC(=O)c3ccc(/C=C4\SC5CCCCC5N(Cc5ccccc5F)C4=O)cc3)CC2)c1. The highest BCUT2D eigenvalue weighted by molar-refractivity contribution is 8.04. The Labute approximate surface area is 277 Å². The molecule has 8 heteroatoms. The number of carbonyl (C=O) groups is 2. The van der Waals surface area contributed by atoms with E-state index in [0.29, 0.717) is 27.8 Å². The first-order chi connectivity index (χ1) is 22.4. The molecule has 0 radical (unpaired) electrons. The molecular formula is C38H45FN4O2S. The Hall–Kier alpha value is -3.62. The van der Waals surface area contributed by atoms with Crippen LogP contribution in [0.3, 0.4) is 0 Å². The molecule has 2 unspecified atom stereocenters. The van der Waals surface area contributed by atoms with Gasteiger partial charge < -0.3 is 15.1 Å². The molecular weight excluding hydrogens is 596 g/mol. The summed E-state index contributed by atoms with van der Waals surface area (Å²) in [5.41, 5.74) is 6.02. The smallest absolute Gasteiger partial charge is 0.260 e. The third kappa shape index (κ3) is 7.67. The van der Waals surface area contributed by atoms with Crippen LogP contribution in [0.5, 0.6) is 0 Å². The molecule has 2 heterocycles. The molecule has 0 spiro atoms. The summed E-state index contributed by atoms with van der Waals surface area (Å²) >= 11 is 1.66. The lowest BCUT2D eigenvalue weighted by Gasteiger charge is -2.44. The first-order valence-corrected chi connectivity index (χ1v) is 17.6. The number of piperazine rings is 1. The van der Waals surface area contributed by atoms with Crippen molar-refractivity contribution < 1.29 is 14.0 Å². The number of anilines is 1. The predicted octanol–water partition coefficient (Wildman–Crippen LogP) is 6.81. The minimum Gasteiger partial charge on any atom is -0.369 e. The van der Waals surface area contributed by atoms with Crippen molar-refractivity contribution in [2.45, 2.75) is 63.8 Å². The molecule has 3 aliphatic rings. The maximum atomic E-state index is 14.5. The Morgan fingerprint density at radius 1 is 0.978 bits per heavy atom. The number of halogens is 1. The maximum absolute atomic E-state index is 14.5. The molecule has 242 valence electrons. The molecule has 2 saturated heterocycles. The lowest BCUT2D eigenvalue weighted by Crippen LogP contribution is -2.50. The van der Waals surface area contributed by atoms with Crippen LogP contribution in [-0.2, 0) is 11.3 Å². The largest absolute Gasteiger partial charge is 0.369 e. The molecule has 3 aromatic carbocycles. The topological polar surface area (TPSA) is 55.9 Å². The molecule has 6 nitrogen and oxygen atoms in total. The number of nitrogens with zero attached hydrogens (tertiary/aromatic N) is 3. The van der Waals surface area contributed by atoms with Gasteiger partial charge in [-0.1, -0.05) is 55.3 Å². The predicted molar refractivity (Wildman–Crippen MR) is 187 cm³/mol. The average molecular weight is 641 g/mol. The zero-order valence-corrected chi connectivity index (χ0v) is 27.8. The fourth-order valence-electron chi connectivity index (χ4n) is 6.93. The van der Waals surface area contributed by atoms with Crippen molar-refractivity contribution >= 4 is 35.3 Å². The molecule has 1 N–H and O–H groups in total. The third-order valence-electron chi connectivity index (χ3n) is 9.60. The van der Waals surface area contributed by atoms with Gasteiger partial charge in [0.05, 0.1) is 4.91 Å². The maximum Gasteiger partial charge on any atom is 0.260 e. The molecule has 6 rings (SSSR count). The van der Waals surface area contributed by atoms with E-state index in [1.807, 2.05) is 41.3 Å². The quantitative estimate of drug-likeness (QED) is 0.206. The van der Waals surface area contributed by atoms with Gasteiger partial charge in [0, 0.05) is 67.4 Å². The number of thioether (sulfide) groups is 1. The molecule has 0 aromatic heterocycles. The Balaban J connectivity index is 0.995. The summed E-state index contributed by atoms with van der Waals surface area (Å²) in [5, 5.41) is 3.39. The van der Waals surface area contributed by atoms with Gasteiger partial charge in [-0.2, -0.15) is 0 Å². The van der Waals surface area contributed by atoms with Crippen molar-refractivity contribution in [1.82, 2.24) is 15.1 Å². The van der Waals surface area contributed by atoms with Gasteiger partial charge in [0.2, 0.25) is 0 Å². The summed E-state index contributed by atoms with van der Waals surface area (Å²) < 4.78 is 14.5. The van der Waals surface area contributed by atoms with E-state index in [9.17, 15) is 14.0 Å². The molecule has 2 aliphatic heterocycles. The number of fused-ring (bicyclic) bond motifs is 1. The van der Waals surface area contributed by atoms with E-state index in [-0.39, 0.29) is 30.2 Å². The molecule has 0 bridgehead atoms. The number of amides is 2. The number of nitrogens with one attached hydrogen (secondary N) is 1. The van der Waals surface area contributed by atoms with Crippen molar-refractivity contribution in [3.63, 3.8) is 0 Å². The Morgan fingerprint density at radius 3 is 2.52 bits per heavy atom. The van der Waals surface area contributed by atoms with Crippen LogP contribution in [-0.4, -0.2) is 72.2 Å². The number of hydrogen-bond donors (Lipinski definition) is 1. The third-order valence-corrected chi connectivity index (χ3v) is 11.0. The van der Waals surface area contributed by atoms with Crippen molar-refractivity contribution in [3.05, 3.63) is 105 Å². The lowest BCUT2D eigenvalue weighted by molar-refractivity contribution is -0.130. The standard InChI is InChI=1S/C38H45FN4O2S/c1-27-12-13-28(2)34(24-27)42-22-20-41(21-23-42)19-7-18-40-37(44)30-16-14-29(15-17-30)25-36-38(45)43(26-31-8-3-4-9-32(31)39)33-10-5-6-11-35(33)46-36/h3-4,8-9,12-17,24-25,33,35H,5-7,10-11,18-23,26H2,1-2H3,(H,40,44)/b36-25-. The highest BCUT2D eigenvalue weighted by Gasteiger charge is 2.40. The normalized spacial score (nSPS) is 21.4. The number of rotatable bonds is 9. The van der Waals surface area contributed by atoms with E-state index in [1.165, 1.54) is 22.9 Å². The van der Waals surface area contributed by atoms with Crippen molar-refractivity contribution in [2.75, 3.05) is 44.2 Å². The molecule has 3 aromatic rings. The van der Waals surface area contributed by atoms with Gasteiger partial charge in [0.25, 0.3) is 11.8 Å². The van der Waals surface area contributed by atoms with E-state index in [4.69, 9.17) is 0 Å². The monoisotopic (exact) mass is 640 g/mol. The summed E-state index contributed by atoms with van der Waals surface area (Å²) in [6, 6.07) is 21.0. The summed E-state index contributed by atoms with van der Waals surface area (Å²) in [6.45, 7) is 10.3. The van der Waals surface area contributed by atoms with Crippen molar-refractivity contribution in [2.24, 2.45) is 0 Å². The van der Waals surface area contributed by atoms with Crippen LogP contribution in [0.25, 0.3) is 6.08 Å². The lowest BCUT2D eigenvalue weighted by atomic mass is 9.92. The second-order valence-electron chi connectivity index (χ2n) is 12.9. The van der Waals surface area contributed by atoms with Crippen molar-refractivity contribution in [1.29, 1.82) is 0 Å². The Morgan fingerprint density at radius 2 is 1.74 bits per heavy atom. The minimum atomic E-state index is -0.271. The van der Waals surface area contributed by atoms with E-state index in [0.717, 1.165) is 70.4 Å². The fraction of sp³-hybridized carbons (Fsp3) is 0.421. The molecule has 1 aliphatic carbocycles. The average Bonchev–Trinajstić information content (AvgIpc) is 3.07. The fourth-order valence-corrected chi connectivity index (χ4v) is 8.41. The first-order valence-electron chi connectivity index (χ1n) is 16.7. The Bertz CT molecular complexity index is 1570. The minimum absolute atomic E-state index is 0.0371. The Kier molecular flexibility index (Phi) is 10.4. The first kappa shape index (κ1) is 32.3. The molecule has 2 atom stereocenters. The van der Waals surface area contributed by atoms with Crippen LogP contribution in [0, 0.1) is 19.7 Å². The molecule has 46 heavy (non-hydrogen) atoms. The van der Waals surface area contributed by atoms with Crippen LogP contribution < -0.4 is 10.2 Å². The van der Waals surface area contributed by atoms with Crippen LogP contribution in [0.15, 0.2) is 71.6 Å². The van der Waals surface area contributed by atoms with Gasteiger partial charge in [-0.25, -0.2) is 4.39 Å². The number of benzene rings is 3. The van der Waals surface area contributed by atoms with Gasteiger partial charge in [0.1, 0.15) is 5.82 Å². The zero-order chi connectivity index (χ0) is 32.0.